The van der Waals surface area contributed by atoms with Crippen molar-refractivity contribution in [2.24, 2.45) is 0 Å². The maximum atomic E-state index is 5.11. The Morgan fingerprint density at radius 2 is 0.735 bits per heavy atom. The van der Waals surface area contributed by atoms with Gasteiger partial charge in [0, 0.05) is 58.4 Å². The maximum Gasteiger partial charge on any atom is 0.160 e. The van der Waals surface area contributed by atoms with Crippen LogP contribution in [0, 0.1) is 0 Å². The van der Waals surface area contributed by atoms with Gasteiger partial charge in [-0.25, -0.2) is 9.97 Å². The molecule has 316 valence electrons. The van der Waals surface area contributed by atoms with E-state index in [2.05, 4.69) is 229 Å². The monoisotopic (exact) mass is 881 g/mol. The Kier molecular flexibility index (Phi) is 8.76. The lowest BCUT2D eigenvalue weighted by Gasteiger charge is -2.11. The molecule has 14 aromatic rings. The SMILES string of the molecule is c1ccc(-c2cc(-c3ccccc3)nc(-c3cccc(-c4cccc(-c5cccc(-c6ccc7c8cccc9c%10ccc(-c%11cccc%12sc%13ccccc%13c%11%12)cc%10n(c7c6)c89)c5)c4)c3)n2)cc1. The van der Waals surface area contributed by atoms with E-state index in [1.807, 2.05) is 23.5 Å². The average Bonchev–Trinajstić information content (AvgIpc) is 4.08. The lowest BCUT2D eigenvalue weighted by atomic mass is 9.95. The number of nitrogens with zero attached hydrogens (tertiary/aromatic N) is 3. The van der Waals surface area contributed by atoms with Gasteiger partial charge in [0.2, 0.25) is 0 Å². The normalized spacial score (nSPS) is 11.8. The van der Waals surface area contributed by atoms with E-state index in [-0.39, 0.29) is 0 Å². The van der Waals surface area contributed by atoms with Crippen molar-refractivity contribution in [2.75, 3.05) is 0 Å². The van der Waals surface area contributed by atoms with E-state index in [1.165, 1.54) is 86.1 Å². The van der Waals surface area contributed by atoms with Crippen LogP contribution in [0.4, 0.5) is 0 Å². The molecule has 3 nitrogen and oxygen atoms in total. The topological polar surface area (TPSA) is 30.2 Å². The molecule has 0 bridgehead atoms. The molecule has 14 rings (SSSR count). The van der Waals surface area contributed by atoms with Crippen LogP contribution in [0.3, 0.4) is 0 Å². The Morgan fingerprint density at radius 1 is 0.294 bits per heavy atom. The predicted octanol–water partition coefficient (Wildman–Crippen LogP) is 17.7. The van der Waals surface area contributed by atoms with Crippen LogP contribution in [0.1, 0.15) is 0 Å². The van der Waals surface area contributed by atoms with Gasteiger partial charge in [-0.05, 0) is 93.0 Å². The van der Waals surface area contributed by atoms with Crippen molar-refractivity contribution in [3.05, 3.63) is 237 Å². The van der Waals surface area contributed by atoms with Crippen LogP contribution in [0.2, 0.25) is 0 Å². The first-order valence-electron chi connectivity index (χ1n) is 23.1. The minimum atomic E-state index is 0.701. The molecule has 0 radical (unpaired) electrons. The van der Waals surface area contributed by atoms with E-state index >= 15 is 0 Å². The number of hydrogen-bond acceptors (Lipinski definition) is 3. The van der Waals surface area contributed by atoms with E-state index in [0.29, 0.717) is 5.82 Å². The van der Waals surface area contributed by atoms with Crippen LogP contribution in [0.5, 0.6) is 0 Å². The average molecular weight is 882 g/mol. The van der Waals surface area contributed by atoms with E-state index in [0.717, 1.165) is 44.8 Å². The molecule has 68 heavy (non-hydrogen) atoms. The zero-order valence-corrected chi connectivity index (χ0v) is 37.6. The zero-order chi connectivity index (χ0) is 44.7. The highest BCUT2D eigenvalue weighted by Gasteiger charge is 2.20. The molecular formula is C64H39N3S. The summed E-state index contributed by atoms with van der Waals surface area (Å²) >= 11 is 1.87. The Balaban J connectivity index is 0.842. The third kappa shape index (κ3) is 6.26. The van der Waals surface area contributed by atoms with Crippen molar-refractivity contribution in [1.82, 2.24) is 14.4 Å². The third-order valence-corrected chi connectivity index (χ3v) is 14.9. The van der Waals surface area contributed by atoms with E-state index in [4.69, 9.17) is 9.97 Å². The quantitative estimate of drug-likeness (QED) is 0.160. The summed E-state index contributed by atoms with van der Waals surface area (Å²) < 4.78 is 5.16. The highest BCUT2D eigenvalue weighted by Crippen LogP contribution is 2.44. The van der Waals surface area contributed by atoms with E-state index in [1.54, 1.807) is 0 Å². The predicted molar refractivity (Wildman–Crippen MR) is 288 cm³/mol. The molecule has 0 amide bonds. The Labute approximate surface area is 396 Å². The van der Waals surface area contributed by atoms with Gasteiger partial charge in [0.05, 0.1) is 27.9 Å². The van der Waals surface area contributed by atoms with Crippen molar-refractivity contribution in [3.8, 4) is 78.4 Å². The molecule has 0 aliphatic heterocycles. The Bertz CT molecular complexity index is 4200. The minimum Gasteiger partial charge on any atom is -0.308 e. The van der Waals surface area contributed by atoms with E-state index in [9.17, 15) is 0 Å². The summed E-state index contributed by atoms with van der Waals surface area (Å²) in [5, 5.41) is 7.79. The number of para-hydroxylation sites is 1. The van der Waals surface area contributed by atoms with Gasteiger partial charge in [-0.15, -0.1) is 11.3 Å². The molecule has 10 aromatic carbocycles. The van der Waals surface area contributed by atoms with Crippen molar-refractivity contribution in [1.29, 1.82) is 0 Å². The molecule has 4 heterocycles. The van der Waals surface area contributed by atoms with Gasteiger partial charge in [-0.1, -0.05) is 188 Å². The number of hydrogen-bond donors (Lipinski definition) is 0. The van der Waals surface area contributed by atoms with Crippen LogP contribution in [-0.4, -0.2) is 14.4 Å². The minimum absolute atomic E-state index is 0.701. The molecule has 0 atom stereocenters. The molecule has 0 N–H and O–H groups in total. The van der Waals surface area contributed by atoms with Crippen molar-refractivity contribution < 1.29 is 0 Å². The van der Waals surface area contributed by atoms with Crippen LogP contribution in [-0.2, 0) is 0 Å². The number of thiophene rings is 1. The highest BCUT2D eigenvalue weighted by atomic mass is 32.1. The fraction of sp³-hybridized carbons (Fsp3) is 0. The summed E-state index contributed by atoms with van der Waals surface area (Å²) in [4.78, 5) is 10.2. The molecule has 0 aliphatic carbocycles. The largest absolute Gasteiger partial charge is 0.308 e. The lowest BCUT2D eigenvalue weighted by molar-refractivity contribution is 1.18. The third-order valence-electron chi connectivity index (χ3n) is 13.7. The summed E-state index contributed by atoms with van der Waals surface area (Å²) in [5.41, 5.74) is 18.1. The first kappa shape index (κ1) is 38.6. The summed E-state index contributed by atoms with van der Waals surface area (Å²) in [5.74, 6) is 0.701. The van der Waals surface area contributed by atoms with Crippen LogP contribution >= 0.6 is 11.3 Å². The van der Waals surface area contributed by atoms with Crippen molar-refractivity contribution >= 4 is 69.6 Å². The van der Waals surface area contributed by atoms with Gasteiger partial charge < -0.3 is 4.40 Å². The molecule has 0 spiro atoms. The molecule has 0 unspecified atom stereocenters. The van der Waals surface area contributed by atoms with Crippen LogP contribution in [0.25, 0.3) is 137 Å². The van der Waals surface area contributed by atoms with Gasteiger partial charge >= 0.3 is 0 Å². The fourth-order valence-electron chi connectivity index (χ4n) is 10.5. The fourth-order valence-corrected chi connectivity index (χ4v) is 11.7. The van der Waals surface area contributed by atoms with E-state index < -0.39 is 0 Å². The molecule has 0 fully saturated rings. The zero-order valence-electron chi connectivity index (χ0n) is 36.8. The second-order valence-electron chi connectivity index (χ2n) is 17.7. The Hall–Kier alpha value is -8.70. The molecule has 4 aromatic heterocycles. The molecule has 0 saturated carbocycles. The van der Waals surface area contributed by atoms with Gasteiger partial charge in [-0.2, -0.15) is 0 Å². The molecule has 0 saturated heterocycles. The summed E-state index contributed by atoms with van der Waals surface area (Å²) in [6.07, 6.45) is 0. The summed E-state index contributed by atoms with van der Waals surface area (Å²) in [6.45, 7) is 0. The number of rotatable bonds is 7. The summed E-state index contributed by atoms with van der Waals surface area (Å²) in [6, 6.07) is 85.6. The highest BCUT2D eigenvalue weighted by molar-refractivity contribution is 7.25. The van der Waals surface area contributed by atoms with Crippen LogP contribution < -0.4 is 0 Å². The first-order valence-corrected chi connectivity index (χ1v) is 23.9. The van der Waals surface area contributed by atoms with Crippen molar-refractivity contribution in [2.45, 2.75) is 0 Å². The first-order chi connectivity index (χ1) is 33.7. The summed E-state index contributed by atoms with van der Waals surface area (Å²) in [7, 11) is 0. The Morgan fingerprint density at radius 3 is 1.35 bits per heavy atom. The standard InChI is InChI=1S/C64H39N3S/c1-3-14-40(15-4-1)56-39-57(41-16-5-2-6-17-41)66-64(65-56)49-23-11-22-46(36-49)44-20-9-18-42(34-44)43-19-10-21-45(35-43)47-30-32-51-53-26-12-27-54-52-33-31-48(38-59(52)67(63(53)54)58(51)37-47)50-25-13-29-61-62(50)55-24-7-8-28-60(55)68-61/h1-39H. The van der Waals surface area contributed by atoms with Gasteiger partial charge in [0.15, 0.2) is 5.82 Å². The van der Waals surface area contributed by atoms with Gasteiger partial charge in [-0.3, -0.25) is 0 Å². The number of benzene rings is 10. The maximum absolute atomic E-state index is 5.11. The van der Waals surface area contributed by atoms with Crippen LogP contribution in [0.15, 0.2) is 237 Å². The van der Waals surface area contributed by atoms with Gasteiger partial charge in [0.25, 0.3) is 0 Å². The number of fused-ring (bicyclic) bond motifs is 9. The smallest absolute Gasteiger partial charge is 0.160 e. The molecular weight excluding hydrogens is 843 g/mol. The second kappa shape index (κ2) is 15.5. The molecule has 4 heteroatoms. The lowest BCUT2D eigenvalue weighted by Crippen LogP contribution is -1.96. The van der Waals surface area contributed by atoms with Crippen molar-refractivity contribution in [3.63, 3.8) is 0 Å². The number of aromatic nitrogens is 3. The molecule has 0 aliphatic rings. The van der Waals surface area contributed by atoms with Gasteiger partial charge in [0.1, 0.15) is 0 Å². The second-order valence-corrected chi connectivity index (χ2v) is 18.8.